The summed E-state index contributed by atoms with van der Waals surface area (Å²) in [6.45, 7) is 5.88. The van der Waals surface area contributed by atoms with Crippen molar-refractivity contribution < 1.29 is 4.79 Å². The first kappa shape index (κ1) is 15.9. The third kappa shape index (κ3) is 4.75. The van der Waals surface area contributed by atoms with Crippen LogP contribution >= 0.6 is 22.9 Å². The number of nitrogens with zero attached hydrogens (tertiary/aromatic N) is 3. The van der Waals surface area contributed by atoms with Gasteiger partial charge in [0.15, 0.2) is 0 Å². The topological polar surface area (TPSA) is 50.2 Å². The van der Waals surface area contributed by atoms with Gasteiger partial charge < -0.3 is 14.8 Å². The molecule has 0 radical (unpaired) electrons. The van der Waals surface area contributed by atoms with Gasteiger partial charge in [-0.25, -0.2) is 9.78 Å². The molecular weight excluding hydrogens is 308 g/mol. The molecule has 2 rings (SSSR count). The van der Waals surface area contributed by atoms with E-state index >= 15 is 0 Å². The summed E-state index contributed by atoms with van der Waals surface area (Å²) < 4.78 is 2.69. The van der Waals surface area contributed by atoms with Crippen LogP contribution in [-0.2, 0) is 13.1 Å². The Morgan fingerprint density at radius 2 is 2.38 bits per heavy atom. The van der Waals surface area contributed by atoms with E-state index in [1.54, 1.807) is 17.4 Å². The molecule has 0 aliphatic rings. The fourth-order valence-electron chi connectivity index (χ4n) is 2.01. The predicted molar refractivity (Wildman–Crippen MR) is 85.6 cm³/mol. The molecule has 114 valence electrons. The summed E-state index contributed by atoms with van der Waals surface area (Å²) in [5, 5.41) is 3.01. The number of aromatic nitrogens is 2. The average molecular weight is 327 g/mol. The summed E-state index contributed by atoms with van der Waals surface area (Å²) in [5.41, 5.74) is 0. The van der Waals surface area contributed by atoms with Gasteiger partial charge in [0.25, 0.3) is 0 Å². The van der Waals surface area contributed by atoms with Crippen LogP contribution in [0.25, 0.3) is 0 Å². The van der Waals surface area contributed by atoms with Crippen LogP contribution in [0.4, 0.5) is 4.79 Å². The number of carbonyl (C=O) groups is 1. The Bertz CT molecular complexity index is 569. The minimum atomic E-state index is -0.0605. The summed E-state index contributed by atoms with van der Waals surface area (Å²) in [7, 11) is 0. The van der Waals surface area contributed by atoms with Crippen LogP contribution in [0.5, 0.6) is 0 Å². The molecule has 5 nitrogen and oxygen atoms in total. The van der Waals surface area contributed by atoms with Crippen molar-refractivity contribution in [1.29, 1.82) is 0 Å². The smallest absolute Gasteiger partial charge is 0.317 e. The molecule has 0 saturated heterocycles. The van der Waals surface area contributed by atoms with Gasteiger partial charge in [-0.1, -0.05) is 11.6 Å². The van der Waals surface area contributed by atoms with Gasteiger partial charge in [-0.2, -0.15) is 0 Å². The number of rotatable bonds is 6. The van der Waals surface area contributed by atoms with E-state index < -0.39 is 0 Å². The number of hydrogen-bond donors (Lipinski definition) is 1. The zero-order valence-corrected chi connectivity index (χ0v) is 13.7. The van der Waals surface area contributed by atoms with Crippen molar-refractivity contribution in [3.63, 3.8) is 0 Å². The Kier molecular flexibility index (Phi) is 5.64. The van der Waals surface area contributed by atoms with Gasteiger partial charge in [0.2, 0.25) is 0 Å². The maximum Gasteiger partial charge on any atom is 0.317 e. The molecule has 1 N–H and O–H groups in total. The second kappa shape index (κ2) is 7.47. The lowest BCUT2D eigenvalue weighted by Crippen LogP contribution is -2.44. The standard InChI is InChI=1S/C14H19ClN4OS/c1-3-19(9-12-4-5-13(15)21-12)14(20)17-11(2)8-18-7-6-16-10-18/h4-7,10-11H,3,8-9H2,1-2H3,(H,17,20). The molecule has 0 bridgehead atoms. The van der Waals surface area contributed by atoms with Gasteiger partial charge in [-0.15, -0.1) is 11.3 Å². The first-order chi connectivity index (χ1) is 10.1. The summed E-state index contributed by atoms with van der Waals surface area (Å²) >= 11 is 7.42. The van der Waals surface area contributed by atoms with E-state index in [-0.39, 0.29) is 12.1 Å². The fraction of sp³-hybridized carbons (Fsp3) is 0.429. The van der Waals surface area contributed by atoms with Crippen LogP contribution in [0.2, 0.25) is 4.34 Å². The second-order valence-electron chi connectivity index (χ2n) is 4.83. The maximum absolute atomic E-state index is 12.3. The number of nitrogens with one attached hydrogen (secondary N) is 1. The quantitative estimate of drug-likeness (QED) is 0.886. The van der Waals surface area contributed by atoms with Crippen molar-refractivity contribution in [1.82, 2.24) is 19.8 Å². The van der Waals surface area contributed by atoms with Crippen LogP contribution in [0.3, 0.4) is 0 Å². The molecule has 0 fully saturated rings. The minimum absolute atomic E-state index is 0.0349. The molecule has 2 amide bonds. The van der Waals surface area contributed by atoms with Gasteiger partial charge in [0.05, 0.1) is 17.2 Å². The zero-order valence-electron chi connectivity index (χ0n) is 12.1. The molecular formula is C14H19ClN4OS. The summed E-state index contributed by atoms with van der Waals surface area (Å²) in [6, 6.07) is 3.79. The SMILES string of the molecule is CCN(Cc1ccc(Cl)s1)C(=O)NC(C)Cn1ccnc1. The van der Waals surface area contributed by atoms with E-state index in [9.17, 15) is 4.79 Å². The number of carbonyl (C=O) groups excluding carboxylic acids is 1. The van der Waals surface area contributed by atoms with E-state index in [0.29, 0.717) is 19.6 Å². The minimum Gasteiger partial charge on any atom is -0.335 e. The maximum atomic E-state index is 12.3. The molecule has 2 aromatic rings. The van der Waals surface area contributed by atoms with Crippen LogP contribution in [0, 0.1) is 0 Å². The van der Waals surface area contributed by atoms with Crippen molar-refractivity contribution in [3.05, 3.63) is 40.1 Å². The van der Waals surface area contributed by atoms with Crippen LogP contribution in [-0.4, -0.2) is 33.1 Å². The lowest BCUT2D eigenvalue weighted by atomic mass is 10.3. The largest absolute Gasteiger partial charge is 0.335 e. The number of imidazole rings is 1. The van der Waals surface area contributed by atoms with E-state index in [2.05, 4.69) is 10.3 Å². The van der Waals surface area contributed by atoms with Crippen molar-refractivity contribution in [2.75, 3.05) is 6.54 Å². The van der Waals surface area contributed by atoms with E-state index in [4.69, 9.17) is 11.6 Å². The lowest BCUT2D eigenvalue weighted by Gasteiger charge is -2.23. The molecule has 0 aliphatic heterocycles. The summed E-state index contributed by atoms with van der Waals surface area (Å²) in [5.74, 6) is 0. The average Bonchev–Trinajstić information content (AvgIpc) is 3.07. The molecule has 7 heteroatoms. The third-order valence-corrected chi connectivity index (χ3v) is 4.27. The molecule has 1 atom stereocenters. The highest BCUT2D eigenvalue weighted by atomic mass is 35.5. The highest BCUT2D eigenvalue weighted by Gasteiger charge is 2.15. The van der Waals surface area contributed by atoms with Gasteiger partial charge in [-0.3, -0.25) is 0 Å². The highest BCUT2D eigenvalue weighted by Crippen LogP contribution is 2.22. The van der Waals surface area contributed by atoms with Crippen LogP contribution in [0.15, 0.2) is 30.9 Å². The number of hydrogen-bond acceptors (Lipinski definition) is 3. The van der Waals surface area contributed by atoms with Crippen molar-refractivity contribution in [2.24, 2.45) is 0 Å². The number of thiophene rings is 1. The van der Waals surface area contributed by atoms with Gasteiger partial charge in [0, 0.05) is 36.4 Å². The van der Waals surface area contributed by atoms with Crippen molar-refractivity contribution in [3.8, 4) is 0 Å². The molecule has 0 saturated carbocycles. The predicted octanol–water partition coefficient (Wildman–Crippen LogP) is 3.22. The summed E-state index contributed by atoms with van der Waals surface area (Å²) in [6.07, 6.45) is 5.36. The normalized spacial score (nSPS) is 12.1. The van der Waals surface area contributed by atoms with Gasteiger partial charge in [-0.05, 0) is 26.0 Å². The monoisotopic (exact) mass is 326 g/mol. The molecule has 2 aromatic heterocycles. The molecule has 1 unspecified atom stereocenters. The lowest BCUT2D eigenvalue weighted by molar-refractivity contribution is 0.194. The number of amides is 2. The first-order valence-corrected chi connectivity index (χ1v) is 8.03. The molecule has 2 heterocycles. The molecule has 0 aromatic carbocycles. The van der Waals surface area contributed by atoms with Crippen LogP contribution in [0.1, 0.15) is 18.7 Å². The van der Waals surface area contributed by atoms with Crippen LogP contribution < -0.4 is 5.32 Å². The Morgan fingerprint density at radius 3 is 2.95 bits per heavy atom. The Hall–Kier alpha value is -1.53. The Balaban J connectivity index is 1.87. The van der Waals surface area contributed by atoms with Crippen molar-refractivity contribution in [2.45, 2.75) is 33.0 Å². The Labute approximate surface area is 133 Å². The molecule has 0 spiro atoms. The van der Waals surface area contributed by atoms with Crippen molar-refractivity contribution >= 4 is 29.0 Å². The number of urea groups is 1. The first-order valence-electron chi connectivity index (χ1n) is 6.84. The third-order valence-electron chi connectivity index (χ3n) is 3.06. The van der Waals surface area contributed by atoms with E-state index in [1.165, 1.54) is 11.3 Å². The second-order valence-corrected chi connectivity index (χ2v) is 6.63. The highest BCUT2D eigenvalue weighted by molar-refractivity contribution is 7.16. The number of halogens is 1. The summed E-state index contributed by atoms with van der Waals surface area (Å²) in [4.78, 5) is 19.1. The Morgan fingerprint density at radius 1 is 1.57 bits per heavy atom. The van der Waals surface area contributed by atoms with Gasteiger partial charge in [0.1, 0.15) is 0 Å². The zero-order chi connectivity index (χ0) is 15.2. The fourth-order valence-corrected chi connectivity index (χ4v) is 3.11. The molecule has 21 heavy (non-hydrogen) atoms. The van der Waals surface area contributed by atoms with E-state index in [0.717, 1.165) is 9.21 Å². The molecule has 0 aliphatic carbocycles. The van der Waals surface area contributed by atoms with Gasteiger partial charge >= 0.3 is 6.03 Å². The van der Waals surface area contributed by atoms with E-state index in [1.807, 2.05) is 36.7 Å².